The Hall–Kier alpha value is -2.08. The second-order valence-electron chi connectivity index (χ2n) is 4.47. The fraction of sp³-hybridized carbons (Fsp3) is 0.267. The molecule has 0 atom stereocenters. The number of aryl methyl sites for hydroxylation is 1. The van der Waals surface area contributed by atoms with Gasteiger partial charge in [0.05, 0.1) is 5.56 Å². The van der Waals surface area contributed by atoms with E-state index in [2.05, 4.69) is 5.10 Å². The molecule has 110 valence electrons. The molecule has 0 saturated carbocycles. The van der Waals surface area contributed by atoms with Crippen LogP contribution in [0.3, 0.4) is 0 Å². The van der Waals surface area contributed by atoms with Crippen LogP contribution in [0.4, 0.5) is 0 Å². The van der Waals surface area contributed by atoms with Crippen LogP contribution in [0, 0.1) is 0 Å². The molecule has 0 radical (unpaired) electrons. The zero-order chi connectivity index (χ0) is 15.2. The number of carbonyl (C=O) groups is 2. The molecule has 2 rings (SSSR count). The van der Waals surface area contributed by atoms with Crippen LogP contribution in [-0.2, 0) is 28.9 Å². The normalized spacial score (nSPS) is 10.4. The molecule has 0 saturated heterocycles. The summed E-state index contributed by atoms with van der Waals surface area (Å²) in [4.78, 5) is 22.8. The molecule has 5 nitrogen and oxygen atoms in total. The lowest BCUT2D eigenvalue weighted by molar-refractivity contribution is -0.109. The third-order valence-corrected chi connectivity index (χ3v) is 3.66. The van der Waals surface area contributed by atoms with Crippen molar-refractivity contribution in [3.05, 3.63) is 53.3 Å². The highest BCUT2D eigenvalue weighted by Gasteiger charge is 2.10. The van der Waals surface area contributed by atoms with Crippen LogP contribution in [0.2, 0.25) is 0 Å². The van der Waals surface area contributed by atoms with E-state index in [1.165, 1.54) is 18.7 Å². The molecule has 0 amide bonds. The van der Waals surface area contributed by atoms with Crippen molar-refractivity contribution >= 4 is 22.8 Å². The van der Waals surface area contributed by atoms with E-state index < -0.39 is 0 Å². The number of nitrogens with zero attached hydrogens (tertiary/aromatic N) is 2. The lowest BCUT2D eigenvalue weighted by atomic mass is 10.2. The molecule has 1 aromatic heterocycles. The van der Waals surface area contributed by atoms with Gasteiger partial charge in [-0.3, -0.25) is 9.48 Å². The molecule has 0 unspecified atom stereocenters. The van der Waals surface area contributed by atoms with Crippen molar-refractivity contribution in [2.75, 3.05) is 0 Å². The highest BCUT2D eigenvalue weighted by molar-refractivity contribution is 8.12. The minimum atomic E-state index is -0.374. The fourth-order valence-corrected chi connectivity index (χ4v) is 2.37. The van der Waals surface area contributed by atoms with E-state index >= 15 is 0 Å². The Kier molecular flexibility index (Phi) is 5.16. The molecule has 21 heavy (non-hydrogen) atoms. The summed E-state index contributed by atoms with van der Waals surface area (Å²) >= 11 is 1.23. The third kappa shape index (κ3) is 4.46. The van der Waals surface area contributed by atoms with Crippen molar-refractivity contribution in [1.82, 2.24) is 9.78 Å². The molecule has 2 aromatic rings. The first-order chi connectivity index (χ1) is 10.1. The van der Waals surface area contributed by atoms with Crippen molar-refractivity contribution in [3.8, 4) is 0 Å². The van der Waals surface area contributed by atoms with Crippen molar-refractivity contribution in [1.29, 1.82) is 0 Å². The second kappa shape index (κ2) is 7.08. The monoisotopic (exact) mass is 304 g/mol. The van der Waals surface area contributed by atoms with E-state index in [0.717, 1.165) is 5.69 Å². The zero-order valence-corrected chi connectivity index (χ0v) is 12.7. The first kappa shape index (κ1) is 15.3. The summed E-state index contributed by atoms with van der Waals surface area (Å²) in [5, 5.41) is 4.33. The van der Waals surface area contributed by atoms with Crippen LogP contribution in [0.5, 0.6) is 0 Å². The average molecular weight is 304 g/mol. The van der Waals surface area contributed by atoms with Crippen molar-refractivity contribution < 1.29 is 14.3 Å². The Morgan fingerprint density at radius 2 is 2.00 bits per heavy atom. The van der Waals surface area contributed by atoms with E-state index in [-0.39, 0.29) is 17.7 Å². The zero-order valence-electron chi connectivity index (χ0n) is 11.9. The smallest absolute Gasteiger partial charge is 0.338 e. The van der Waals surface area contributed by atoms with Crippen LogP contribution in [0.15, 0.2) is 36.4 Å². The van der Waals surface area contributed by atoms with Crippen LogP contribution < -0.4 is 0 Å². The van der Waals surface area contributed by atoms with Gasteiger partial charge in [-0.25, -0.2) is 4.79 Å². The molecule has 6 heteroatoms. The summed E-state index contributed by atoms with van der Waals surface area (Å²) in [6, 6.07) is 10.7. The summed E-state index contributed by atoms with van der Waals surface area (Å²) < 4.78 is 6.92. The van der Waals surface area contributed by atoms with Gasteiger partial charge in [-0.15, -0.1) is 0 Å². The summed E-state index contributed by atoms with van der Waals surface area (Å²) in [5.74, 6) is 0.187. The number of benzene rings is 1. The van der Waals surface area contributed by atoms with Gasteiger partial charge in [-0.2, -0.15) is 5.10 Å². The molecular weight excluding hydrogens is 288 g/mol. The van der Waals surface area contributed by atoms with E-state index in [1.54, 1.807) is 36.0 Å². The second-order valence-corrected chi connectivity index (χ2v) is 5.63. The summed E-state index contributed by atoms with van der Waals surface area (Å²) in [5.41, 5.74) is 2.10. The fourth-order valence-electron chi connectivity index (χ4n) is 1.75. The maximum absolute atomic E-state index is 11.8. The summed E-state index contributed by atoms with van der Waals surface area (Å²) in [6.07, 6.45) is 0. The van der Waals surface area contributed by atoms with Gasteiger partial charge < -0.3 is 4.74 Å². The van der Waals surface area contributed by atoms with Gasteiger partial charge in [0.2, 0.25) is 0 Å². The molecule has 0 fully saturated rings. The van der Waals surface area contributed by atoms with Gasteiger partial charge in [-0.1, -0.05) is 30.0 Å². The molecule has 0 aliphatic carbocycles. The van der Waals surface area contributed by atoms with Gasteiger partial charge in [0, 0.05) is 25.4 Å². The van der Waals surface area contributed by atoms with Gasteiger partial charge in [-0.05, 0) is 18.2 Å². The summed E-state index contributed by atoms with van der Waals surface area (Å²) in [7, 11) is 1.80. The first-order valence-electron chi connectivity index (χ1n) is 6.43. The average Bonchev–Trinajstić information content (AvgIpc) is 2.84. The Labute approximate surface area is 127 Å². The number of aromatic nitrogens is 2. The molecule has 0 spiro atoms. The Bertz CT molecular complexity index is 638. The van der Waals surface area contributed by atoms with Crippen LogP contribution in [0.25, 0.3) is 0 Å². The SMILES string of the molecule is CC(=O)SCc1cc(COC(=O)c2ccccc2)nn1C. The van der Waals surface area contributed by atoms with Gasteiger partial charge in [0.25, 0.3) is 0 Å². The largest absolute Gasteiger partial charge is 0.456 e. The predicted molar refractivity (Wildman–Crippen MR) is 80.7 cm³/mol. The van der Waals surface area contributed by atoms with Gasteiger partial charge >= 0.3 is 5.97 Å². The minimum absolute atomic E-state index is 0.0632. The molecule has 1 heterocycles. The predicted octanol–water partition coefficient (Wildman–Crippen LogP) is 2.56. The van der Waals surface area contributed by atoms with Crippen molar-refractivity contribution in [2.24, 2.45) is 7.05 Å². The number of thioether (sulfide) groups is 1. The maximum Gasteiger partial charge on any atom is 0.338 e. The van der Waals surface area contributed by atoms with Crippen molar-refractivity contribution in [2.45, 2.75) is 19.3 Å². The van der Waals surface area contributed by atoms with Gasteiger partial charge in [0.15, 0.2) is 5.12 Å². The Morgan fingerprint density at radius 1 is 1.29 bits per heavy atom. The third-order valence-electron chi connectivity index (χ3n) is 2.81. The van der Waals surface area contributed by atoms with E-state index in [1.807, 2.05) is 12.1 Å². The quantitative estimate of drug-likeness (QED) is 0.794. The number of hydrogen-bond acceptors (Lipinski definition) is 5. The number of ether oxygens (including phenoxy) is 1. The van der Waals surface area contributed by atoms with E-state index in [9.17, 15) is 9.59 Å². The number of carbonyl (C=O) groups excluding carboxylic acids is 2. The maximum atomic E-state index is 11.8. The Morgan fingerprint density at radius 3 is 2.67 bits per heavy atom. The highest BCUT2D eigenvalue weighted by atomic mass is 32.2. The van der Waals surface area contributed by atoms with E-state index in [4.69, 9.17) is 4.74 Å². The Balaban J connectivity index is 1.93. The van der Waals surface area contributed by atoms with Crippen LogP contribution >= 0.6 is 11.8 Å². The van der Waals surface area contributed by atoms with Crippen LogP contribution in [-0.4, -0.2) is 20.9 Å². The number of esters is 1. The van der Waals surface area contributed by atoms with Gasteiger partial charge in [0.1, 0.15) is 12.3 Å². The number of hydrogen-bond donors (Lipinski definition) is 0. The molecule has 0 N–H and O–H groups in total. The number of rotatable bonds is 5. The standard InChI is InChI=1S/C15H16N2O3S/c1-11(18)21-10-14-8-13(16-17(14)2)9-20-15(19)12-6-4-3-5-7-12/h3-8H,9-10H2,1-2H3. The molecule has 0 aliphatic heterocycles. The van der Waals surface area contributed by atoms with Crippen molar-refractivity contribution in [3.63, 3.8) is 0 Å². The first-order valence-corrected chi connectivity index (χ1v) is 7.42. The highest BCUT2D eigenvalue weighted by Crippen LogP contribution is 2.14. The molecule has 0 bridgehead atoms. The molecule has 1 aromatic carbocycles. The minimum Gasteiger partial charge on any atom is -0.456 e. The van der Waals surface area contributed by atoms with E-state index in [0.29, 0.717) is 17.0 Å². The molecular formula is C15H16N2O3S. The topological polar surface area (TPSA) is 61.2 Å². The lowest BCUT2D eigenvalue weighted by Gasteiger charge is -2.02. The lowest BCUT2D eigenvalue weighted by Crippen LogP contribution is -2.05. The summed E-state index contributed by atoms with van der Waals surface area (Å²) in [6.45, 7) is 1.65. The molecule has 0 aliphatic rings. The van der Waals surface area contributed by atoms with Crippen LogP contribution in [0.1, 0.15) is 28.7 Å².